The Labute approximate surface area is 172 Å². The van der Waals surface area contributed by atoms with Crippen LogP contribution in [0.1, 0.15) is 32.1 Å². The van der Waals surface area contributed by atoms with Gasteiger partial charge in [0.15, 0.2) is 5.69 Å². The molecule has 0 saturated heterocycles. The molecule has 0 atom stereocenters. The minimum absolute atomic E-state index is 0.150. The van der Waals surface area contributed by atoms with E-state index in [1.165, 1.54) is 10.7 Å². The first-order chi connectivity index (χ1) is 13.5. The number of amides is 2. The largest absolute Gasteiger partial charge is 0.347 e. The lowest BCUT2D eigenvalue weighted by atomic mass is 10.2. The Balaban J connectivity index is 1.63. The monoisotopic (exact) mass is 416 g/mol. The quantitative estimate of drug-likeness (QED) is 0.644. The van der Waals surface area contributed by atoms with Crippen LogP contribution in [0.3, 0.4) is 0 Å². The van der Waals surface area contributed by atoms with E-state index in [0.717, 1.165) is 11.1 Å². The minimum atomic E-state index is -0.388. The van der Waals surface area contributed by atoms with Gasteiger partial charge in [-0.05, 0) is 23.3 Å². The van der Waals surface area contributed by atoms with E-state index in [1.54, 1.807) is 19.2 Å². The number of nitrogens with one attached hydrogen (secondary N) is 2. The maximum absolute atomic E-state index is 12.4. The molecule has 1 aromatic heterocycles. The Bertz CT molecular complexity index is 1020. The molecule has 0 radical (unpaired) electrons. The predicted octanol–water partition coefficient (Wildman–Crippen LogP) is 3.59. The third-order valence-electron chi connectivity index (χ3n) is 4.14. The van der Waals surface area contributed by atoms with Gasteiger partial charge in [0.1, 0.15) is 5.69 Å². The highest BCUT2D eigenvalue weighted by Gasteiger charge is 2.17. The van der Waals surface area contributed by atoms with Crippen LogP contribution in [0.2, 0.25) is 10.0 Å². The summed E-state index contributed by atoms with van der Waals surface area (Å²) in [6, 6.07) is 16.0. The highest BCUT2D eigenvalue weighted by molar-refractivity contribution is 6.31. The van der Waals surface area contributed by atoms with Crippen molar-refractivity contribution in [1.29, 1.82) is 0 Å². The van der Waals surface area contributed by atoms with Crippen LogP contribution in [0.25, 0.3) is 0 Å². The number of carbonyl (C=O) groups excluding carboxylic acids is 2. The Morgan fingerprint density at radius 1 is 0.893 bits per heavy atom. The Morgan fingerprint density at radius 3 is 1.93 bits per heavy atom. The molecule has 2 N–H and O–H groups in total. The number of rotatable bonds is 6. The van der Waals surface area contributed by atoms with Crippen LogP contribution in [0, 0.1) is 0 Å². The van der Waals surface area contributed by atoms with Crippen molar-refractivity contribution in [3.8, 4) is 0 Å². The van der Waals surface area contributed by atoms with Crippen molar-refractivity contribution in [3.05, 3.63) is 87.2 Å². The highest BCUT2D eigenvalue weighted by Crippen LogP contribution is 2.16. The number of nitrogens with zero attached hydrogens (tertiary/aromatic N) is 2. The molecular formula is C20H18Cl2N4O2. The molecule has 0 aliphatic heterocycles. The summed E-state index contributed by atoms with van der Waals surface area (Å²) in [6.45, 7) is 0.542. The van der Waals surface area contributed by atoms with Gasteiger partial charge in [0, 0.05) is 36.2 Å². The van der Waals surface area contributed by atoms with Gasteiger partial charge in [-0.3, -0.25) is 14.3 Å². The van der Waals surface area contributed by atoms with Crippen molar-refractivity contribution in [1.82, 2.24) is 20.4 Å². The maximum atomic E-state index is 12.4. The summed E-state index contributed by atoms with van der Waals surface area (Å²) in [5.41, 5.74) is 2.02. The zero-order valence-corrected chi connectivity index (χ0v) is 16.6. The SMILES string of the molecule is Cn1nc(C(=O)NCc2ccccc2Cl)cc1C(=O)NCc1ccccc1Cl. The maximum Gasteiger partial charge on any atom is 0.272 e. The molecule has 2 amide bonds. The zero-order chi connectivity index (χ0) is 20.1. The van der Waals surface area contributed by atoms with E-state index in [1.807, 2.05) is 36.4 Å². The van der Waals surface area contributed by atoms with Crippen LogP contribution in [0.5, 0.6) is 0 Å². The van der Waals surface area contributed by atoms with E-state index in [2.05, 4.69) is 15.7 Å². The second kappa shape index (κ2) is 8.91. The third kappa shape index (κ3) is 4.71. The molecule has 8 heteroatoms. The third-order valence-corrected chi connectivity index (χ3v) is 4.88. The number of halogens is 2. The molecule has 1 heterocycles. The van der Waals surface area contributed by atoms with Gasteiger partial charge in [0.2, 0.25) is 0 Å². The molecule has 0 fully saturated rings. The molecule has 28 heavy (non-hydrogen) atoms. The molecule has 3 aromatic rings. The molecule has 0 spiro atoms. The number of aromatic nitrogens is 2. The molecule has 144 valence electrons. The van der Waals surface area contributed by atoms with E-state index >= 15 is 0 Å². The van der Waals surface area contributed by atoms with Crippen LogP contribution in [-0.4, -0.2) is 21.6 Å². The summed E-state index contributed by atoms with van der Waals surface area (Å²) in [5.74, 6) is -0.735. The lowest BCUT2D eigenvalue weighted by molar-refractivity contribution is 0.0935. The second-order valence-corrected chi connectivity index (χ2v) is 6.90. The molecule has 2 aromatic carbocycles. The first-order valence-electron chi connectivity index (χ1n) is 8.53. The number of hydrogen-bond acceptors (Lipinski definition) is 3. The second-order valence-electron chi connectivity index (χ2n) is 6.09. The normalized spacial score (nSPS) is 10.5. The van der Waals surface area contributed by atoms with Gasteiger partial charge in [0.05, 0.1) is 0 Å². The van der Waals surface area contributed by atoms with Crippen LogP contribution in [0.15, 0.2) is 54.6 Å². The van der Waals surface area contributed by atoms with E-state index in [0.29, 0.717) is 10.0 Å². The minimum Gasteiger partial charge on any atom is -0.347 e. The first-order valence-corrected chi connectivity index (χ1v) is 9.28. The Morgan fingerprint density at radius 2 is 1.39 bits per heavy atom. The lowest BCUT2D eigenvalue weighted by Gasteiger charge is -2.06. The Kier molecular flexibility index (Phi) is 6.34. The fourth-order valence-electron chi connectivity index (χ4n) is 2.61. The van der Waals surface area contributed by atoms with E-state index in [-0.39, 0.29) is 36.3 Å². The highest BCUT2D eigenvalue weighted by atomic mass is 35.5. The predicted molar refractivity (Wildman–Crippen MR) is 108 cm³/mol. The van der Waals surface area contributed by atoms with Crippen molar-refractivity contribution in [2.75, 3.05) is 0 Å². The van der Waals surface area contributed by atoms with Gasteiger partial charge in [-0.25, -0.2) is 0 Å². The molecule has 0 aliphatic carbocycles. The summed E-state index contributed by atoms with van der Waals surface area (Å²) >= 11 is 12.2. The lowest BCUT2D eigenvalue weighted by Crippen LogP contribution is -2.25. The molecular weight excluding hydrogens is 399 g/mol. The van der Waals surface area contributed by atoms with Crippen LogP contribution in [-0.2, 0) is 20.1 Å². The van der Waals surface area contributed by atoms with Crippen molar-refractivity contribution >= 4 is 35.0 Å². The summed E-state index contributed by atoms with van der Waals surface area (Å²) in [5, 5.41) is 10.8. The average molecular weight is 417 g/mol. The fraction of sp³-hybridized carbons (Fsp3) is 0.150. The molecule has 0 bridgehead atoms. The summed E-state index contributed by atoms with van der Waals surface area (Å²) in [4.78, 5) is 24.8. The van der Waals surface area contributed by atoms with Crippen LogP contribution >= 0.6 is 23.2 Å². The molecule has 0 unspecified atom stereocenters. The van der Waals surface area contributed by atoms with E-state index < -0.39 is 0 Å². The molecule has 3 rings (SSSR count). The fourth-order valence-corrected chi connectivity index (χ4v) is 3.01. The van der Waals surface area contributed by atoms with Gasteiger partial charge < -0.3 is 10.6 Å². The smallest absolute Gasteiger partial charge is 0.272 e. The summed E-state index contributed by atoms with van der Waals surface area (Å²) in [7, 11) is 1.61. The van der Waals surface area contributed by atoms with Gasteiger partial charge in [-0.15, -0.1) is 0 Å². The zero-order valence-electron chi connectivity index (χ0n) is 15.1. The van der Waals surface area contributed by atoms with Crippen molar-refractivity contribution in [2.24, 2.45) is 7.05 Å². The molecule has 0 aliphatic rings. The number of carbonyl (C=O) groups is 2. The van der Waals surface area contributed by atoms with Crippen molar-refractivity contribution < 1.29 is 9.59 Å². The first kappa shape index (κ1) is 19.9. The van der Waals surface area contributed by atoms with Crippen molar-refractivity contribution in [3.63, 3.8) is 0 Å². The van der Waals surface area contributed by atoms with Gasteiger partial charge >= 0.3 is 0 Å². The van der Waals surface area contributed by atoms with Crippen LogP contribution in [0.4, 0.5) is 0 Å². The molecule has 6 nitrogen and oxygen atoms in total. The summed E-state index contributed by atoms with van der Waals surface area (Å²) in [6.07, 6.45) is 0. The average Bonchev–Trinajstić information content (AvgIpc) is 3.08. The van der Waals surface area contributed by atoms with Crippen molar-refractivity contribution in [2.45, 2.75) is 13.1 Å². The Hall–Kier alpha value is -2.83. The van der Waals surface area contributed by atoms with Crippen LogP contribution < -0.4 is 10.6 Å². The number of benzene rings is 2. The van der Waals surface area contributed by atoms with Gasteiger partial charge in [-0.2, -0.15) is 5.10 Å². The molecule has 0 saturated carbocycles. The van der Waals surface area contributed by atoms with E-state index in [4.69, 9.17) is 23.2 Å². The standard InChI is InChI=1S/C20H18Cl2N4O2/c1-26-18(20(28)24-12-14-7-3-5-9-16(14)22)10-17(25-26)19(27)23-11-13-6-2-4-8-15(13)21/h2-10H,11-12H2,1H3,(H,23,27)(H,24,28). The number of aryl methyl sites for hydroxylation is 1. The van der Waals surface area contributed by atoms with Gasteiger partial charge in [-0.1, -0.05) is 59.6 Å². The van der Waals surface area contributed by atoms with Gasteiger partial charge in [0.25, 0.3) is 11.8 Å². The number of hydrogen-bond donors (Lipinski definition) is 2. The van der Waals surface area contributed by atoms with E-state index in [9.17, 15) is 9.59 Å². The topological polar surface area (TPSA) is 76.0 Å². The summed E-state index contributed by atoms with van der Waals surface area (Å²) < 4.78 is 1.37.